The molecule has 0 spiro atoms. The third-order valence-corrected chi connectivity index (χ3v) is 4.92. The summed E-state index contributed by atoms with van der Waals surface area (Å²) in [6.07, 6.45) is 0.843. The van der Waals surface area contributed by atoms with E-state index in [1.807, 2.05) is 19.9 Å². The van der Waals surface area contributed by atoms with Gasteiger partial charge in [-0.3, -0.25) is 25.2 Å². The average Bonchev–Trinajstić information content (AvgIpc) is 3.01. The molecule has 0 atom stereocenters. The normalized spacial score (nSPS) is 10.6. The largest absolute Gasteiger partial charge is 0.290 e. The molecular formula is C17H16N4O3S. The maximum Gasteiger partial charge on any atom is 0.290 e. The first-order chi connectivity index (χ1) is 12.0. The summed E-state index contributed by atoms with van der Waals surface area (Å²) < 4.78 is 0. The Morgan fingerprint density at radius 2 is 1.84 bits per heavy atom. The van der Waals surface area contributed by atoms with E-state index in [4.69, 9.17) is 0 Å². The molecule has 0 bridgehead atoms. The highest BCUT2D eigenvalue weighted by Crippen LogP contribution is 2.21. The molecular weight excluding hydrogens is 340 g/mol. The summed E-state index contributed by atoms with van der Waals surface area (Å²) in [5, 5.41) is 6.85. The molecule has 2 heterocycles. The molecule has 8 heteroatoms. The zero-order valence-electron chi connectivity index (χ0n) is 13.7. The van der Waals surface area contributed by atoms with Crippen LogP contribution in [0.5, 0.6) is 0 Å². The number of hydrogen-bond donors (Lipinski definition) is 3. The van der Waals surface area contributed by atoms with E-state index >= 15 is 0 Å². The number of H-pyrrole nitrogens is 1. The van der Waals surface area contributed by atoms with Crippen molar-refractivity contribution in [2.45, 2.75) is 20.3 Å². The molecule has 0 aliphatic heterocycles. The fraction of sp³-hybridized carbons (Fsp3) is 0.176. The lowest BCUT2D eigenvalue weighted by Gasteiger charge is -2.07. The van der Waals surface area contributed by atoms with Crippen molar-refractivity contribution in [3.05, 3.63) is 61.7 Å². The Bertz CT molecular complexity index is 1020. The van der Waals surface area contributed by atoms with Crippen LogP contribution in [0.2, 0.25) is 0 Å². The summed E-state index contributed by atoms with van der Waals surface area (Å²) in [5.41, 5.74) is 5.48. The average molecular weight is 356 g/mol. The number of hydrogen-bond acceptors (Lipinski definition) is 5. The van der Waals surface area contributed by atoms with Gasteiger partial charge in [-0.05, 0) is 31.0 Å². The summed E-state index contributed by atoms with van der Waals surface area (Å²) in [7, 11) is 0. The number of carbonyl (C=O) groups excluding carboxylic acids is 2. The van der Waals surface area contributed by atoms with E-state index in [9.17, 15) is 14.4 Å². The first-order valence-electron chi connectivity index (χ1n) is 7.68. The molecule has 3 aromatic rings. The molecule has 25 heavy (non-hydrogen) atoms. The Morgan fingerprint density at radius 3 is 2.52 bits per heavy atom. The highest BCUT2D eigenvalue weighted by molar-refractivity contribution is 7.14. The van der Waals surface area contributed by atoms with E-state index in [2.05, 4.69) is 21.0 Å². The van der Waals surface area contributed by atoms with Gasteiger partial charge < -0.3 is 0 Å². The van der Waals surface area contributed by atoms with Gasteiger partial charge in [0.2, 0.25) is 0 Å². The number of thiophene rings is 1. The number of fused-ring (bicyclic) bond motifs is 1. The van der Waals surface area contributed by atoms with Crippen LogP contribution in [0, 0.1) is 6.92 Å². The highest BCUT2D eigenvalue weighted by Gasteiger charge is 2.16. The maximum absolute atomic E-state index is 12.3. The van der Waals surface area contributed by atoms with E-state index in [1.165, 1.54) is 11.3 Å². The molecule has 0 fully saturated rings. The Hall–Kier alpha value is -3.00. The van der Waals surface area contributed by atoms with Crippen LogP contribution >= 0.6 is 11.3 Å². The van der Waals surface area contributed by atoms with Crippen LogP contribution < -0.4 is 16.4 Å². The molecule has 0 radical (unpaired) electrons. The summed E-state index contributed by atoms with van der Waals surface area (Å²) in [6.45, 7) is 3.97. The Morgan fingerprint density at radius 1 is 1.16 bits per heavy atom. The zero-order chi connectivity index (χ0) is 18.0. The van der Waals surface area contributed by atoms with Gasteiger partial charge in [0.25, 0.3) is 17.4 Å². The molecule has 128 valence electrons. The van der Waals surface area contributed by atoms with Crippen LogP contribution in [-0.2, 0) is 6.42 Å². The van der Waals surface area contributed by atoms with Crippen molar-refractivity contribution in [1.29, 1.82) is 0 Å². The molecule has 0 aliphatic carbocycles. The standard InChI is InChI=1S/C17H16N4O3S/c1-3-10-8-13(25-9(10)2)16(23)20-21-17(24)14-11-6-4-5-7-12(11)15(22)19-18-14/h4-8H,3H2,1-2H3,(H,19,22)(H,20,23)(H,21,24). The van der Waals surface area contributed by atoms with Gasteiger partial charge in [0.05, 0.1) is 10.3 Å². The molecule has 2 amide bonds. The lowest BCUT2D eigenvalue weighted by Crippen LogP contribution is -2.42. The predicted molar refractivity (Wildman–Crippen MR) is 95.7 cm³/mol. The third-order valence-electron chi connectivity index (χ3n) is 3.83. The number of hydrazine groups is 1. The molecule has 0 saturated heterocycles. The Balaban J connectivity index is 1.78. The van der Waals surface area contributed by atoms with Crippen LogP contribution in [0.1, 0.15) is 37.5 Å². The molecule has 3 N–H and O–H groups in total. The van der Waals surface area contributed by atoms with Crippen molar-refractivity contribution in [1.82, 2.24) is 21.0 Å². The van der Waals surface area contributed by atoms with Crippen LogP contribution in [0.3, 0.4) is 0 Å². The number of nitrogens with one attached hydrogen (secondary N) is 3. The van der Waals surface area contributed by atoms with Crippen molar-refractivity contribution in [3.8, 4) is 0 Å². The van der Waals surface area contributed by atoms with Crippen LogP contribution in [0.15, 0.2) is 35.1 Å². The summed E-state index contributed by atoms with van der Waals surface area (Å²) in [6, 6.07) is 8.45. The molecule has 1 aromatic carbocycles. The predicted octanol–water partition coefficient (Wildman–Crippen LogP) is 1.93. The number of carbonyl (C=O) groups is 2. The van der Waals surface area contributed by atoms with Crippen molar-refractivity contribution in [2.24, 2.45) is 0 Å². The van der Waals surface area contributed by atoms with Crippen molar-refractivity contribution < 1.29 is 9.59 Å². The number of rotatable bonds is 3. The fourth-order valence-electron chi connectivity index (χ4n) is 2.50. The van der Waals surface area contributed by atoms with Gasteiger partial charge in [-0.25, -0.2) is 5.10 Å². The van der Waals surface area contributed by atoms with Crippen LogP contribution in [-0.4, -0.2) is 22.0 Å². The molecule has 7 nitrogen and oxygen atoms in total. The van der Waals surface area contributed by atoms with E-state index in [0.717, 1.165) is 16.9 Å². The third kappa shape index (κ3) is 3.29. The lowest BCUT2D eigenvalue weighted by atomic mass is 10.1. The second-order valence-corrected chi connectivity index (χ2v) is 6.66. The quantitative estimate of drug-likeness (QED) is 0.624. The smallest absolute Gasteiger partial charge is 0.267 e. The number of nitrogens with zero attached hydrogens (tertiary/aromatic N) is 1. The van der Waals surface area contributed by atoms with Crippen LogP contribution in [0.25, 0.3) is 10.8 Å². The number of benzene rings is 1. The second kappa shape index (κ2) is 6.86. The molecule has 3 rings (SSSR count). The minimum Gasteiger partial charge on any atom is -0.267 e. The second-order valence-electron chi connectivity index (χ2n) is 5.40. The van der Waals surface area contributed by atoms with E-state index < -0.39 is 11.8 Å². The van der Waals surface area contributed by atoms with E-state index in [0.29, 0.717) is 15.6 Å². The summed E-state index contributed by atoms with van der Waals surface area (Å²) in [5.74, 6) is -1.00. The van der Waals surface area contributed by atoms with E-state index in [1.54, 1.807) is 24.3 Å². The van der Waals surface area contributed by atoms with E-state index in [-0.39, 0.29) is 11.3 Å². The maximum atomic E-state index is 12.3. The topological polar surface area (TPSA) is 104 Å². The van der Waals surface area contributed by atoms with Gasteiger partial charge in [-0.2, -0.15) is 5.10 Å². The number of aromatic amines is 1. The molecule has 0 saturated carbocycles. The zero-order valence-corrected chi connectivity index (χ0v) is 14.5. The van der Waals surface area contributed by atoms with Gasteiger partial charge in [0, 0.05) is 10.3 Å². The van der Waals surface area contributed by atoms with Crippen LogP contribution in [0.4, 0.5) is 0 Å². The van der Waals surface area contributed by atoms with Gasteiger partial charge in [0.1, 0.15) is 0 Å². The number of aromatic nitrogens is 2. The van der Waals surface area contributed by atoms with Gasteiger partial charge in [-0.15, -0.1) is 11.3 Å². The summed E-state index contributed by atoms with van der Waals surface area (Å²) >= 11 is 1.37. The van der Waals surface area contributed by atoms with Gasteiger partial charge in [0.15, 0.2) is 5.69 Å². The molecule has 2 aromatic heterocycles. The van der Waals surface area contributed by atoms with Gasteiger partial charge >= 0.3 is 0 Å². The van der Waals surface area contributed by atoms with Crippen molar-refractivity contribution in [3.63, 3.8) is 0 Å². The van der Waals surface area contributed by atoms with Gasteiger partial charge in [-0.1, -0.05) is 25.1 Å². The molecule has 0 aliphatic rings. The first-order valence-corrected chi connectivity index (χ1v) is 8.50. The SMILES string of the molecule is CCc1cc(C(=O)NNC(=O)c2n[nH]c(=O)c3ccccc23)sc1C. The number of aryl methyl sites for hydroxylation is 2. The Kier molecular flexibility index (Phi) is 4.62. The number of amides is 2. The fourth-order valence-corrected chi connectivity index (χ4v) is 3.51. The van der Waals surface area contributed by atoms with Crippen molar-refractivity contribution in [2.75, 3.05) is 0 Å². The first kappa shape index (κ1) is 16.8. The minimum atomic E-state index is -0.607. The monoisotopic (exact) mass is 356 g/mol. The highest BCUT2D eigenvalue weighted by atomic mass is 32.1. The molecule has 0 unspecified atom stereocenters. The van der Waals surface area contributed by atoms with Crippen molar-refractivity contribution >= 4 is 33.9 Å². The summed E-state index contributed by atoms with van der Waals surface area (Å²) in [4.78, 5) is 37.9. The minimum absolute atomic E-state index is 0.0344. The lowest BCUT2D eigenvalue weighted by molar-refractivity contribution is 0.0846. The Labute approximate surface area is 147 Å².